The van der Waals surface area contributed by atoms with Crippen molar-refractivity contribution in [2.45, 2.75) is 4.90 Å². The van der Waals surface area contributed by atoms with Crippen LogP contribution in [0.25, 0.3) is 0 Å². The van der Waals surface area contributed by atoms with Gasteiger partial charge in [-0.05, 0) is 12.1 Å². The van der Waals surface area contributed by atoms with Gasteiger partial charge in [0.2, 0.25) is 0 Å². The molecule has 0 amide bonds. The van der Waals surface area contributed by atoms with Crippen LogP contribution in [0.2, 0.25) is 5.15 Å². The highest BCUT2D eigenvalue weighted by atomic mass is 35.5. The fourth-order valence-corrected chi connectivity index (χ4v) is 2.35. The highest BCUT2D eigenvalue weighted by Gasteiger charge is 2.14. The molecular weight excluding hydrogens is 262 g/mol. The Balaban J connectivity index is 2.30. The minimum absolute atomic E-state index is 0.133. The third-order valence-corrected chi connectivity index (χ3v) is 3.50. The van der Waals surface area contributed by atoms with Gasteiger partial charge in [-0.2, -0.15) is 0 Å². The maximum Gasteiger partial charge on any atom is 0.263 e. The molecule has 0 aliphatic heterocycles. The second-order valence-electron chi connectivity index (χ2n) is 3.14. The van der Waals surface area contributed by atoms with Gasteiger partial charge in [-0.25, -0.2) is 18.4 Å². The highest BCUT2D eigenvalue weighted by molar-refractivity contribution is 7.92. The van der Waals surface area contributed by atoms with E-state index in [9.17, 15) is 8.42 Å². The number of hydrogen-bond acceptors (Lipinski definition) is 4. The van der Waals surface area contributed by atoms with Crippen LogP contribution < -0.4 is 4.72 Å². The van der Waals surface area contributed by atoms with Crippen molar-refractivity contribution in [1.29, 1.82) is 0 Å². The van der Waals surface area contributed by atoms with Crippen LogP contribution in [0.4, 0.5) is 5.82 Å². The molecule has 1 heterocycles. The Morgan fingerprint density at radius 2 is 1.82 bits per heavy atom. The van der Waals surface area contributed by atoms with Crippen molar-refractivity contribution >= 4 is 27.4 Å². The van der Waals surface area contributed by atoms with Crippen LogP contribution >= 0.6 is 11.6 Å². The lowest BCUT2D eigenvalue weighted by molar-refractivity contribution is 0.601. The Morgan fingerprint density at radius 3 is 2.47 bits per heavy atom. The van der Waals surface area contributed by atoms with Gasteiger partial charge < -0.3 is 0 Å². The number of hydrogen-bond donors (Lipinski definition) is 1. The molecule has 7 heteroatoms. The fraction of sp³-hybridized carbons (Fsp3) is 0. The maximum atomic E-state index is 11.9. The summed E-state index contributed by atoms with van der Waals surface area (Å²) < 4.78 is 26.1. The Kier molecular flexibility index (Phi) is 3.26. The summed E-state index contributed by atoms with van der Waals surface area (Å²) in [7, 11) is -3.63. The molecule has 0 atom stereocenters. The first-order valence-electron chi connectivity index (χ1n) is 4.63. The normalized spacial score (nSPS) is 11.1. The summed E-state index contributed by atoms with van der Waals surface area (Å²) in [5.74, 6) is 0.133. The van der Waals surface area contributed by atoms with Gasteiger partial charge >= 0.3 is 0 Å². The fourth-order valence-electron chi connectivity index (χ4n) is 1.19. The predicted octanol–water partition coefficient (Wildman–Crippen LogP) is 1.93. The molecule has 0 saturated carbocycles. The number of nitrogens with zero attached hydrogens (tertiary/aromatic N) is 2. The van der Waals surface area contributed by atoms with E-state index < -0.39 is 10.0 Å². The van der Waals surface area contributed by atoms with Crippen LogP contribution in [0, 0.1) is 0 Å². The van der Waals surface area contributed by atoms with E-state index in [-0.39, 0.29) is 15.9 Å². The molecule has 0 aliphatic carbocycles. The van der Waals surface area contributed by atoms with E-state index >= 15 is 0 Å². The van der Waals surface area contributed by atoms with Crippen molar-refractivity contribution in [3.8, 4) is 0 Å². The topological polar surface area (TPSA) is 72.0 Å². The second kappa shape index (κ2) is 4.68. The van der Waals surface area contributed by atoms with E-state index in [2.05, 4.69) is 14.7 Å². The number of sulfonamides is 1. The molecule has 0 radical (unpaired) electrons. The predicted molar refractivity (Wildman–Crippen MR) is 64.3 cm³/mol. The zero-order valence-corrected chi connectivity index (χ0v) is 10.1. The van der Waals surface area contributed by atoms with Crippen molar-refractivity contribution in [1.82, 2.24) is 9.97 Å². The molecule has 0 saturated heterocycles. The lowest BCUT2D eigenvalue weighted by atomic mass is 10.4. The van der Waals surface area contributed by atoms with Gasteiger partial charge in [0, 0.05) is 6.07 Å². The average molecular weight is 270 g/mol. The number of aromatic nitrogens is 2. The molecular formula is C10H8ClN3O2S. The van der Waals surface area contributed by atoms with Crippen LogP contribution in [-0.4, -0.2) is 18.4 Å². The van der Waals surface area contributed by atoms with Crippen LogP contribution in [-0.2, 0) is 10.0 Å². The van der Waals surface area contributed by atoms with Gasteiger partial charge in [0.05, 0.1) is 4.90 Å². The summed E-state index contributed by atoms with van der Waals surface area (Å²) in [6.07, 6.45) is 1.19. The summed E-state index contributed by atoms with van der Waals surface area (Å²) in [6, 6.07) is 9.34. The smallest absolute Gasteiger partial charge is 0.263 e. The monoisotopic (exact) mass is 269 g/mol. The largest absolute Gasteiger partial charge is 0.263 e. The molecule has 2 rings (SSSR count). The first-order chi connectivity index (χ1) is 8.08. The summed E-state index contributed by atoms with van der Waals surface area (Å²) in [4.78, 5) is 7.59. The van der Waals surface area contributed by atoms with Crippen LogP contribution in [0.15, 0.2) is 47.6 Å². The van der Waals surface area contributed by atoms with Crippen LogP contribution in [0.5, 0.6) is 0 Å². The number of rotatable bonds is 3. The summed E-state index contributed by atoms with van der Waals surface area (Å²) in [5.41, 5.74) is 0. The van der Waals surface area contributed by atoms with Crippen molar-refractivity contribution in [2.24, 2.45) is 0 Å². The lowest BCUT2D eigenvalue weighted by Gasteiger charge is -2.06. The minimum Gasteiger partial charge on any atom is -0.263 e. The number of halogens is 1. The van der Waals surface area contributed by atoms with E-state index in [4.69, 9.17) is 11.6 Å². The van der Waals surface area contributed by atoms with Crippen molar-refractivity contribution in [3.63, 3.8) is 0 Å². The Labute approximate surface area is 104 Å². The first kappa shape index (κ1) is 11.8. The Morgan fingerprint density at radius 1 is 1.12 bits per heavy atom. The van der Waals surface area contributed by atoms with Gasteiger partial charge in [0.15, 0.2) is 0 Å². The van der Waals surface area contributed by atoms with Crippen molar-refractivity contribution < 1.29 is 8.42 Å². The molecule has 1 aromatic heterocycles. The molecule has 2 aromatic rings. The van der Waals surface area contributed by atoms with Crippen LogP contribution in [0.3, 0.4) is 0 Å². The van der Waals surface area contributed by atoms with E-state index in [1.165, 1.54) is 24.5 Å². The van der Waals surface area contributed by atoms with E-state index in [0.29, 0.717) is 0 Å². The SMILES string of the molecule is O=S(=O)(Nc1cc(Cl)ncn1)c1ccccc1. The molecule has 0 bridgehead atoms. The number of anilines is 1. The number of nitrogens with one attached hydrogen (secondary N) is 1. The molecule has 17 heavy (non-hydrogen) atoms. The van der Waals surface area contributed by atoms with Gasteiger partial charge in [-0.15, -0.1) is 0 Å². The minimum atomic E-state index is -3.63. The highest BCUT2D eigenvalue weighted by Crippen LogP contribution is 2.15. The molecule has 0 spiro atoms. The Bertz CT molecular complexity index is 616. The average Bonchev–Trinajstić information content (AvgIpc) is 2.29. The van der Waals surface area contributed by atoms with E-state index in [1.54, 1.807) is 18.2 Å². The van der Waals surface area contributed by atoms with E-state index in [0.717, 1.165) is 0 Å². The molecule has 1 N–H and O–H groups in total. The molecule has 5 nitrogen and oxygen atoms in total. The Hall–Kier alpha value is -1.66. The molecule has 0 aliphatic rings. The van der Waals surface area contributed by atoms with Crippen LogP contribution in [0.1, 0.15) is 0 Å². The molecule has 0 unspecified atom stereocenters. The van der Waals surface area contributed by atoms with Gasteiger partial charge in [-0.3, -0.25) is 4.72 Å². The summed E-state index contributed by atoms with van der Waals surface area (Å²) >= 11 is 5.63. The molecule has 0 fully saturated rings. The second-order valence-corrected chi connectivity index (χ2v) is 5.21. The van der Waals surface area contributed by atoms with Gasteiger partial charge in [-0.1, -0.05) is 29.8 Å². The van der Waals surface area contributed by atoms with E-state index in [1.807, 2.05) is 0 Å². The lowest BCUT2D eigenvalue weighted by Crippen LogP contribution is -2.13. The summed E-state index contributed by atoms with van der Waals surface area (Å²) in [5, 5.41) is 0.172. The van der Waals surface area contributed by atoms with Gasteiger partial charge in [0.25, 0.3) is 10.0 Å². The molecule has 88 valence electrons. The van der Waals surface area contributed by atoms with Crippen molar-refractivity contribution in [2.75, 3.05) is 4.72 Å². The third kappa shape index (κ3) is 2.92. The molecule has 1 aromatic carbocycles. The zero-order valence-electron chi connectivity index (χ0n) is 8.54. The first-order valence-corrected chi connectivity index (χ1v) is 6.49. The number of benzene rings is 1. The summed E-state index contributed by atoms with van der Waals surface area (Å²) in [6.45, 7) is 0. The van der Waals surface area contributed by atoms with Gasteiger partial charge in [0.1, 0.15) is 17.3 Å². The maximum absolute atomic E-state index is 11.9. The standard InChI is InChI=1S/C10H8ClN3O2S/c11-9-6-10(13-7-12-9)14-17(15,16)8-4-2-1-3-5-8/h1-7H,(H,12,13,14). The van der Waals surface area contributed by atoms with Crippen molar-refractivity contribution in [3.05, 3.63) is 47.9 Å². The zero-order chi connectivity index (χ0) is 12.3. The third-order valence-electron chi connectivity index (χ3n) is 1.93. The quantitative estimate of drug-likeness (QED) is 0.864.